The molecule has 0 saturated heterocycles. The minimum atomic E-state index is 0.731. The van der Waals surface area contributed by atoms with Crippen molar-refractivity contribution >= 4 is 11.5 Å². The van der Waals surface area contributed by atoms with Gasteiger partial charge in [-0.15, -0.1) is 0 Å². The molecule has 3 nitrogen and oxygen atoms in total. The van der Waals surface area contributed by atoms with Crippen molar-refractivity contribution in [1.82, 2.24) is 4.98 Å². The SMILES string of the molecule is CC(C)=CCNc1cc(N)ccn1. The van der Waals surface area contributed by atoms with Gasteiger partial charge in [-0.05, 0) is 19.9 Å². The van der Waals surface area contributed by atoms with Gasteiger partial charge in [-0.3, -0.25) is 0 Å². The van der Waals surface area contributed by atoms with E-state index >= 15 is 0 Å². The maximum Gasteiger partial charge on any atom is 0.128 e. The van der Waals surface area contributed by atoms with E-state index in [2.05, 4.69) is 30.2 Å². The summed E-state index contributed by atoms with van der Waals surface area (Å²) in [7, 11) is 0. The first-order valence-corrected chi connectivity index (χ1v) is 4.27. The van der Waals surface area contributed by atoms with Crippen LogP contribution in [0.15, 0.2) is 30.0 Å². The molecule has 0 aliphatic rings. The van der Waals surface area contributed by atoms with E-state index in [1.165, 1.54) is 5.57 Å². The van der Waals surface area contributed by atoms with Crippen molar-refractivity contribution in [1.29, 1.82) is 0 Å². The van der Waals surface area contributed by atoms with Crippen molar-refractivity contribution in [2.45, 2.75) is 13.8 Å². The summed E-state index contributed by atoms with van der Waals surface area (Å²) in [5.74, 6) is 0.817. The highest BCUT2D eigenvalue weighted by Gasteiger charge is 1.90. The number of aromatic nitrogens is 1. The van der Waals surface area contributed by atoms with E-state index in [1.54, 1.807) is 12.3 Å². The fraction of sp³-hybridized carbons (Fsp3) is 0.300. The van der Waals surface area contributed by atoms with Gasteiger partial charge in [-0.1, -0.05) is 11.6 Å². The van der Waals surface area contributed by atoms with Crippen LogP contribution in [-0.2, 0) is 0 Å². The summed E-state index contributed by atoms with van der Waals surface area (Å²) in [5, 5.41) is 3.15. The van der Waals surface area contributed by atoms with Gasteiger partial charge in [0.25, 0.3) is 0 Å². The van der Waals surface area contributed by atoms with Gasteiger partial charge in [0.15, 0.2) is 0 Å². The van der Waals surface area contributed by atoms with Crippen LogP contribution in [0.5, 0.6) is 0 Å². The van der Waals surface area contributed by atoms with E-state index in [9.17, 15) is 0 Å². The molecule has 0 aromatic carbocycles. The minimum absolute atomic E-state index is 0.731. The second-order valence-electron chi connectivity index (χ2n) is 3.14. The molecular weight excluding hydrogens is 162 g/mol. The van der Waals surface area contributed by atoms with Crippen LogP contribution in [-0.4, -0.2) is 11.5 Å². The predicted octanol–water partition coefficient (Wildman–Crippen LogP) is 2.04. The van der Waals surface area contributed by atoms with Crippen molar-refractivity contribution in [3.05, 3.63) is 30.0 Å². The Labute approximate surface area is 78.7 Å². The highest BCUT2D eigenvalue weighted by Crippen LogP contribution is 2.07. The Morgan fingerprint density at radius 3 is 3.00 bits per heavy atom. The molecule has 3 heteroatoms. The molecule has 0 aliphatic heterocycles. The van der Waals surface area contributed by atoms with Crippen LogP contribution in [0.1, 0.15) is 13.8 Å². The molecule has 0 spiro atoms. The van der Waals surface area contributed by atoms with Gasteiger partial charge in [0.1, 0.15) is 5.82 Å². The number of hydrogen-bond acceptors (Lipinski definition) is 3. The number of hydrogen-bond donors (Lipinski definition) is 2. The van der Waals surface area contributed by atoms with Gasteiger partial charge in [-0.2, -0.15) is 0 Å². The second kappa shape index (κ2) is 4.50. The second-order valence-corrected chi connectivity index (χ2v) is 3.14. The average molecular weight is 177 g/mol. The summed E-state index contributed by atoms with van der Waals surface area (Å²) in [5.41, 5.74) is 7.61. The fourth-order valence-corrected chi connectivity index (χ4v) is 0.903. The summed E-state index contributed by atoms with van der Waals surface area (Å²) in [6.45, 7) is 4.92. The first-order valence-electron chi connectivity index (χ1n) is 4.27. The van der Waals surface area contributed by atoms with E-state index in [0.29, 0.717) is 0 Å². The molecule has 0 radical (unpaired) electrons. The van der Waals surface area contributed by atoms with Crippen LogP contribution in [0.3, 0.4) is 0 Å². The number of nitrogens with zero attached hydrogens (tertiary/aromatic N) is 1. The van der Waals surface area contributed by atoms with Crippen LogP contribution < -0.4 is 11.1 Å². The molecular formula is C10H15N3. The summed E-state index contributed by atoms with van der Waals surface area (Å²) >= 11 is 0. The smallest absolute Gasteiger partial charge is 0.128 e. The standard InChI is InChI=1S/C10H15N3/c1-8(2)3-5-12-10-7-9(11)4-6-13-10/h3-4,6-7H,5H2,1-2H3,(H3,11,12,13). The number of nitrogens with one attached hydrogen (secondary N) is 1. The maximum atomic E-state index is 5.59. The first-order chi connectivity index (χ1) is 6.18. The zero-order chi connectivity index (χ0) is 9.68. The van der Waals surface area contributed by atoms with E-state index in [1.807, 2.05) is 6.07 Å². The van der Waals surface area contributed by atoms with Crippen molar-refractivity contribution in [3.8, 4) is 0 Å². The molecule has 0 fully saturated rings. The lowest BCUT2D eigenvalue weighted by Gasteiger charge is -2.02. The fourth-order valence-electron chi connectivity index (χ4n) is 0.903. The van der Waals surface area contributed by atoms with Gasteiger partial charge in [-0.25, -0.2) is 4.98 Å². The third kappa shape index (κ3) is 3.60. The number of nitrogens with two attached hydrogens (primary N) is 1. The van der Waals surface area contributed by atoms with Gasteiger partial charge in [0, 0.05) is 24.5 Å². The molecule has 0 atom stereocenters. The van der Waals surface area contributed by atoms with Crippen LogP contribution in [0.2, 0.25) is 0 Å². The molecule has 0 saturated carbocycles. The Morgan fingerprint density at radius 2 is 2.38 bits per heavy atom. The lowest BCUT2D eigenvalue weighted by atomic mass is 10.3. The number of anilines is 2. The Bertz CT molecular complexity index is 301. The number of rotatable bonds is 3. The lowest BCUT2D eigenvalue weighted by Crippen LogP contribution is -2.01. The largest absolute Gasteiger partial charge is 0.399 e. The summed E-state index contributed by atoms with van der Waals surface area (Å²) in [6.07, 6.45) is 3.80. The molecule has 0 amide bonds. The molecule has 13 heavy (non-hydrogen) atoms. The molecule has 1 aromatic rings. The molecule has 1 aromatic heterocycles. The zero-order valence-corrected chi connectivity index (χ0v) is 8.04. The number of nitrogen functional groups attached to an aromatic ring is 1. The monoisotopic (exact) mass is 177 g/mol. The lowest BCUT2D eigenvalue weighted by molar-refractivity contribution is 1.20. The topological polar surface area (TPSA) is 50.9 Å². The van der Waals surface area contributed by atoms with E-state index in [0.717, 1.165) is 18.1 Å². The number of allylic oxidation sites excluding steroid dienone is 1. The van der Waals surface area contributed by atoms with Gasteiger partial charge in [0.05, 0.1) is 0 Å². The van der Waals surface area contributed by atoms with Crippen molar-refractivity contribution in [2.75, 3.05) is 17.6 Å². The van der Waals surface area contributed by atoms with Crippen LogP contribution in [0.4, 0.5) is 11.5 Å². The third-order valence-corrected chi connectivity index (χ3v) is 1.58. The van der Waals surface area contributed by atoms with E-state index < -0.39 is 0 Å². The highest BCUT2D eigenvalue weighted by molar-refractivity contribution is 5.48. The summed E-state index contributed by atoms with van der Waals surface area (Å²) < 4.78 is 0. The van der Waals surface area contributed by atoms with Crippen molar-refractivity contribution in [3.63, 3.8) is 0 Å². The molecule has 0 aliphatic carbocycles. The normalized spacial score (nSPS) is 9.38. The van der Waals surface area contributed by atoms with Crippen molar-refractivity contribution in [2.24, 2.45) is 0 Å². The van der Waals surface area contributed by atoms with Crippen molar-refractivity contribution < 1.29 is 0 Å². The molecule has 3 N–H and O–H groups in total. The Kier molecular flexibility index (Phi) is 3.31. The molecule has 70 valence electrons. The molecule has 0 bridgehead atoms. The van der Waals surface area contributed by atoms with Crippen LogP contribution >= 0.6 is 0 Å². The average Bonchev–Trinajstić information content (AvgIpc) is 2.03. The molecule has 1 heterocycles. The first kappa shape index (κ1) is 9.58. The van der Waals surface area contributed by atoms with E-state index in [4.69, 9.17) is 5.73 Å². The number of pyridine rings is 1. The summed E-state index contributed by atoms with van der Waals surface area (Å²) in [4.78, 5) is 4.12. The Hall–Kier alpha value is -1.51. The maximum absolute atomic E-state index is 5.59. The van der Waals surface area contributed by atoms with Crippen LogP contribution in [0.25, 0.3) is 0 Å². The minimum Gasteiger partial charge on any atom is -0.399 e. The Balaban J connectivity index is 2.50. The highest BCUT2D eigenvalue weighted by atomic mass is 15.0. The molecule has 0 unspecified atom stereocenters. The van der Waals surface area contributed by atoms with Crippen LogP contribution in [0, 0.1) is 0 Å². The van der Waals surface area contributed by atoms with Gasteiger partial charge < -0.3 is 11.1 Å². The zero-order valence-electron chi connectivity index (χ0n) is 8.04. The predicted molar refractivity (Wildman–Crippen MR) is 56.6 cm³/mol. The van der Waals surface area contributed by atoms with E-state index in [-0.39, 0.29) is 0 Å². The quantitative estimate of drug-likeness (QED) is 0.695. The van der Waals surface area contributed by atoms with Gasteiger partial charge >= 0.3 is 0 Å². The molecule has 1 rings (SSSR count). The van der Waals surface area contributed by atoms with Gasteiger partial charge in [0.2, 0.25) is 0 Å². The third-order valence-electron chi connectivity index (χ3n) is 1.58. The Morgan fingerprint density at radius 1 is 1.62 bits per heavy atom. The summed E-state index contributed by atoms with van der Waals surface area (Å²) in [6, 6.07) is 3.59.